The quantitative estimate of drug-likeness (QED) is 0.902. The highest BCUT2D eigenvalue weighted by molar-refractivity contribution is 7.90. The number of sulfone groups is 1. The monoisotopic (exact) mass is 290 g/mol. The van der Waals surface area contributed by atoms with Crippen LogP contribution in [-0.2, 0) is 16.3 Å². The van der Waals surface area contributed by atoms with Gasteiger partial charge in [0, 0.05) is 24.1 Å². The molecule has 0 saturated heterocycles. The average Bonchev–Trinajstić information content (AvgIpc) is 2.58. The summed E-state index contributed by atoms with van der Waals surface area (Å²) in [4.78, 5) is 4.49. The van der Waals surface area contributed by atoms with Crippen LogP contribution in [0.5, 0.6) is 0 Å². The van der Waals surface area contributed by atoms with Crippen LogP contribution in [0.25, 0.3) is 0 Å². The van der Waals surface area contributed by atoms with Crippen LogP contribution in [0, 0.1) is 5.41 Å². The maximum atomic E-state index is 11.1. The van der Waals surface area contributed by atoms with Crippen molar-refractivity contribution in [1.29, 1.82) is 0 Å². The first-order chi connectivity index (χ1) is 8.07. The minimum Gasteiger partial charge on any atom is -0.323 e. The molecular formula is C12H22N2O2S2. The summed E-state index contributed by atoms with van der Waals surface area (Å²) in [5.74, 6) is 0.111. The maximum Gasteiger partial charge on any atom is 0.147 e. The van der Waals surface area contributed by atoms with Gasteiger partial charge >= 0.3 is 0 Å². The molecule has 1 aromatic heterocycles. The van der Waals surface area contributed by atoms with Crippen molar-refractivity contribution in [3.63, 3.8) is 0 Å². The van der Waals surface area contributed by atoms with E-state index in [9.17, 15) is 8.42 Å². The van der Waals surface area contributed by atoms with E-state index < -0.39 is 9.84 Å². The summed E-state index contributed by atoms with van der Waals surface area (Å²) in [6.45, 7) is 6.49. The van der Waals surface area contributed by atoms with E-state index in [4.69, 9.17) is 5.73 Å². The zero-order valence-corrected chi connectivity index (χ0v) is 13.1. The highest BCUT2D eigenvalue weighted by Gasteiger charge is 2.17. The van der Waals surface area contributed by atoms with Gasteiger partial charge in [-0.15, -0.1) is 11.3 Å². The highest BCUT2D eigenvalue weighted by Crippen LogP contribution is 2.25. The average molecular weight is 290 g/mol. The molecule has 1 rings (SSSR count). The minimum atomic E-state index is -2.95. The largest absolute Gasteiger partial charge is 0.323 e. The SMILES string of the molecule is CC(C)(C)Cc1nc(C(N)CCS(C)(=O)=O)cs1. The Morgan fingerprint density at radius 3 is 2.56 bits per heavy atom. The molecule has 0 aliphatic heterocycles. The van der Waals surface area contributed by atoms with Crippen LogP contribution in [0.15, 0.2) is 5.38 Å². The normalized spacial score (nSPS) is 14.7. The molecule has 0 spiro atoms. The van der Waals surface area contributed by atoms with Crippen molar-refractivity contribution in [3.05, 3.63) is 16.1 Å². The standard InChI is InChI=1S/C12H22N2O2S2/c1-12(2,3)7-11-14-10(8-17-11)9(13)5-6-18(4,15)16/h8-9H,5-7,13H2,1-4H3. The van der Waals surface area contributed by atoms with Gasteiger partial charge in [0.05, 0.1) is 16.5 Å². The van der Waals surface area contributed by atoms with E-state index in [-0.39, 0.29) is 17.2 Å². The van der Waals surface area contributed by atoms with Crippen LogP contribution in [-0.4, -0.2) is 25.4 Å². The third kappa shape index (κ3) is 5.93. The van der Waals surface area contributed by atoms with E-state index in [0.717, 1.165) is 17.1 Å². The van der Waals surface area contributed by atoms with E-state index in [0.29, 0.717) is 6.42 Å². The van der Waals surface area contributed by atoms with Crippen molar-refractivity contribution in [2.45, 2.75) is 39.7 Å². The lowest BCUT2D eigenvalue weighted by Crippen LogP contribution is -2.16. The molecule has 0 bridgehead atoms. The van der Waals surface area contributed by atoms with Crippen LogP contribution in [0.2, 0.25) is 0 Å². The Hall–Kier alpha value is -0.460. The van der Waals surface area contributed by atoms with Gasteiger partial charge in [-0.2, -0.15) is 0 Å². The Bertz CT molecular complexity index is 486. The summed E-state index contributed by atoms with van der Waals surface area (Å²) in [6.07, 6.45) is 2.57. The minimum absolute atomic E-state index is 0.111. The second kappa shape index (κ2) is 5.67. The molecule has 18 heavy (non-hydrogen) atoms. The molecule has 0 aliphatic rings. The maximum absolute atomic E-state index is 11.1. The molecule has 0 radical (unpaired) electrons. The fourth-order valence-electron chi connectivity index (χ4n) is 1.52. The van der Waals surface area contributed by atoms with E-state index in [1.807, 2.05) is 5.38 Å². The Kier molecular flexibility index (Phi) is 4.91. The smallest absolute Gasteiger partial charge is 0.147 e. The molecule has 1 heterocycles. The van der Waals surface area contributed by atoms with Gasteiger partial charge in [-0.3, -0.25) is 0 Å². The highest BCUT2D eigenvalue weighted by atomic mass is 32.2. The molecule has 0 aromatic carbocycles. The zero-order valence-electron chi connectivity index (χ0n) is 11.4. The van der Waals surface area contributed by atoms with Gasteiger partial charge in [0.25, 0.3) is 0 Å². The van der Waals surface area contributed by atoms with Gasteiger partial charge in [-0.1, -0.05) is 20.8 Å². The van der Waals surface area contributed by atoms with Crippen LogP contribution in [0.4, 0.5) is 0 Å². The summed E-state index contributed by atoms with van der Waals surface area (Å²) < 4.78 is 22.2. The third-order valence-corrected chi connectivity index (χ3v) is 4.27. The fraction of sp³-hybridized carbons (Fsp3) is 0.750. The van der Waals surface area contributed by atoms with Crippen LogP contribution >= 0.6 is 11.3 Å². The Morgan fingerprint density at radius 2 is 2.06 bits per heavy atom. The van der Waals surface area contributed by atoms with Crippen molar-refractivity contribution in [1.82, 2.24) is 4.98 Å². The van der Waals surface area contributed by atoms with Gasteiger partial charge in [0.2, 0.25) is 0 Å². The van der Waals surface area contributed by atoms with Crippen molar-refractivity contribution < 1.29 is 8.42 Å². The number of hydrogen-bond acceptors (Lipinski definition) is 5. The first-order valence-electron chi connectivity index (χ1n) is 5.94. The molecule has 1 atom stereocenters. The van der Waals surface area contributed by atoms with E-state index in [2.05, 4.69) is 25.8 Å². The summed E-state index contributed by atoms with van der Waals surface area (Å²) in [5, 5.41) is 3.00. The molecule has 0 fully saturated rings. The lowest BCUT2D eigenvalue weighted by molar-refractivity contribution is 0.410. The molecular weight excluding hydrogens is 268 g/mol. The van der Waals surface area contributed by atoms with Crippen molar-refractivity contribution >= 4 is 21.2 Å². The molecule has 1 unspecified atom stereocenters. The molecule has 2 N–H and O–H groups in total. The summed E-state index contributed by atoms with van der Waals surface area (Å²) in [5.41, 5.74) is 6.97. The van der Waals surface area contributed by atoms with E-state index in [1.165, 1.54) is 6.26 Å². The lowest BCUT2D eigenvalue weighted by atomic mass is 9.93. The number of rotatable bonds is 5. The predicted octanol–water partition coefficient (Wildman–Crippen LogP) is 2.17. The van der Waals surface area contributed by atoms with Crippen molar-refractivity contribution in [2.75, 3.05) is 12.0 Å². The Labute approximate surface area is 114 Å². The Balaban J connectivity index is 2.62. The van der Waals surface area contributed by atoms with Gasteiger partial charge in [0.1, 0.15) is 9.84 Å². The third-order valence-electron chi connectivity index (χ3n) is 2.43. The molecule has 1 aromatic rings. The number of nitrogens with two attached hydrogens (primary N) is 1. The van der Waals surface area contributed by atoms with Crippen molar-refractivity contribution in [2.24, 2.45) is 11.1 Å². The molecule has 4 nitrogen and oxygen atoms in total. The van der Waals surface area contributed by atoms with Gasteiger partial charge in [0.15, 0.2) is 0 Å². The van der Waals surface area contributed by atoms with Crippen LogP contribution in [0.1, 0.15) is 43.9 Å². The van der Waals surface area contributed by atoms with Crippen molar-refractivity contribution in [3.8, 4) is 0 Å². The zero-order chi connectivity index (χ0) is 14.0. The Morgan fingerprint density at radius 1 is 1.44 bits per heavy atom. The lowest BCUT2D eigenvalue weighted by Gasteiger charge is -2.15. The molecule has 104 valence electrons. The van der Waals surface area contributed by atoms with E-state index in [1.54, 1.807) is 11.3 Å². The summed E-state index contributed by atoms with van der Waals surface area (Å²) in [7, 11) is -2.95. The topological polar surface area (TPSA) is 73.0 Å². The number of aromatic nitrogens is 1. The first kappa shape index (κ1) is 15.6. The van der Waals surface area contributed by atoms with Gasteiger partial charge in [-0.25, -0.2) is 13.4 Å². The van der Waals surface area contributed by atoms with Crippen LogP contribution in [0.3, 0.4) is 0 Å². The van der Waals surface area contributed by atoms with Gasteiger partial charge in [-0.05, 0) is 11.8 Å². The molecule has 0 saturated carbocycles. The second-order valence-electron chi connectivity index (χ2n) is 5.93. The number of hydrogen-bond donors (Lipinski definition) is 1. The molecule has 6 heteroatoms. The molecule has 0 amide bonds. The fourth-order valence-corrected chi connectivity index (χ4v) is 3.36. The summed E-state index contributed by atoms with van der Waals surface area (Å²) >= 11 is 1.60. The van der Waals surface area contributed by atoms with Crippen LogP contribution < -0.4 is 5.73 Å². The second-order valence-corrected chi connectivity index (χ2v) is 9.13. The number of thiazole rings is 1. The molecule has 0 aliphatic carbocycles. The van der Waals surface area contributed by atoms with Gasteiger partial charge < -0.3 is 5.73 Å². The van der Waals surface area contributed by atoms with E-state index >= 15 is 0 Å². The first-order valence-corrected chi connectivity index (χ1v) is 8.88. The predicted molar refractivity (Wildman–Crippen MR) is 76.5 cm³/mol. The summed E-state index contributed by atoms with van der Waals surface area (Å²) in [6, 6.07) is -0.287. The number of nitrogens with zero attached hydrogens (tertiary/aromatic N) is 1.